The lowest BCUT2D eigenvalue weighted by Crippen LogP contribution is -2.08. The molecule has 0 aromatic heterocycles. The first kappa shape index (κ1) is 12.1. The van der Waals surface area contributed by atoms with Crippen molar-refractivity contribution in [2.24, 2.45) is 0 Å². The van der Waals surface area contributed by atoms with Gasteiger partial charge < -0.3 is 9.47 Å². The van der Waals surface area contributed by atoms with Gasteiger partial charge in [0.05, 0.1) is 19.3 Å². The fourth-order valence-electron chi connectivity index (χ4n) is 1.40. The van der Waals surface area contributed by atoms with Crippen molar-refractivity contribution in [3.8, 4) is 11.8 Å². The molecule has 4 heteroatoms. The number of methoxy groups -OCH3 is 1. The molecule has 0 bridgehead atoms. The van der Waals surface area contributed by atoms with E-state index in [4.69, 9.17) is 14.7 Å². The van der Waals surface area contributed by atoms with Crippen LogP contribution in [0.3, 0.4) is 0 Å². The lowest BCUT2D eigenvalue weighted by atomic mass is 10.0. The normalized spacial score (nSPS) is 9.38. The lowest BCUT2D eigenvalue weighted by Gasteiger charge is -2.09. The molecule has 0 radical (unpaired) electrons. The van der Waals surface area contributed by atoms with Crippen LogP contribution in [0.4, 0.5) is 0 Å². The summed E-state index contributed by atoms with van der Waals surface area (Å²) in [6.07, 6.45) is 0. The van der Waals surface area contributed by atoms with Gasteiger partial charge in [0.25, 0.3) is 0 Å². The molecule has 84 valence electrons. The van der Waals surface area contributed by atoms with E-state index in [9.17, 15) is 4.79 Å². The minimum absolute atomic E-state index is 0.214. The summed E-state index contributed by atoms with van der Waals surface area (Å²) >= 11 is 0. The van der Waals surface area contributed by atoms with Gasteiger partial charge in [-0.05, 0) is 31.5 Å². The second-order valence-electron chi connectivity index (χ2n) is 3.22. The average molecular weight is 219 g/mol. The van der Waals surface area contributed by atoms with Gasteiger partial charge in [-0.1, -0.05) is 0 Å². The van der Waals surface area contributed by atoms with Gasteiger partial charge in [0.15, 0.2) is 0 Å². The maximum absolute atomic E-state index is 11.6. The van der Waals surface area contributed by atoms with E-state index in [1.165, 1.54) is 7.11 Å². The molecule has 0 heterocycles. The molecular weight excluding hydrogens is 206 g/mol. The Morgan fingerprint density at radius 1 is 1.50 bits per heavy atom. The molecule has 0 amide bonds. The Hall–Kier alpha value is -2.02. The molecule has 1 aromatic carbocycles. The fourth-order valence-corrected chi connectivity index (χ4v) is 1.40. The average Bonchev–Trinajstić information content (AvgIpc) is 2.28. The predicted octanol–water partition coefficient (Wildman–Crippen LogP) is 2.05. The number of carbonyl (C=O) groups excluding carboxylic acids is 1. The van der Waals surface area contributed by atoms with E-state index in [-0.39, 0.29) is 17.7 Å². The van der Waals surface area contributed by atoms with Gasteiger partial charge in [0.2, 0.25) is 0 Å². The number of hydrogen-bond donors (Lipinski definition) is 0. The van der Waals surface area contributed by atoms with Gasteiger partial charge >= 0.3 is 5.97 Å². The van der Waals surface area contributed by atoms with E-state index in [1.807, 2.05) is 13.0 Å². The molecule has 4 nitrogen and oxygen atoms in total. The van der Waals surface area contributed by atoms with Crippen LogP contribution in [0.1, 0.15) is 28.4 Å². The van der Waals surface area contributed by atoms with E-state index in [1.54, 1.807) is 19.1 Å². The Labute approximate surface area is 94.4 Å². The molecule has 1 rings (SSSR count). The first-order valence-electron chi connectivity index (χ1n) is 4.89. The molecule has 0 unspecified atom stereocenters. The minimum atomic E-state index is -0.499. The molecule has 0 N–H and O–H groups in total. The van der Waals surface area contributed by atoms with Crippen molar-refractivity contribution in [2.45, 2.75) is 13.8 Å². The van der Waals surface area contributed by atoms with Crippen LogP contribution in [-0.4, -0.2) is 19.7 Å². The summed E-state index contributed by atoms with van der Waals surface area (Å²) in [6.45, 7) is 3.82. The fraction of sp³-hybridized carbons (Fsp3) is 0.333. The molecule has 0 saturated carbocycles. The maximum atomic E-state index is 11.6. The summed E-state index contributed by atoms with van der Waals surface area (Å²) in [5, 5.41) is 9.00. The van der Waals surface area contributed by atoms with E-state index >= 15 is 0 Å². The van der Waals surface area contributed by atoms with Gasteiger partial charge in [-0.15, -0.1) is 0 Å². The highest BCUT2D eigenvalue weighted by Gasteiger charge is 2.17. The monoisotopic (exact) mass is 219 g/mol. The lowest BCUT2D eigenvalue weighted by molar-refractivity contribution is 0.0525. The Kier molecular flexibility index (Phi) is 3.90. The van der Waals surface area contributed by atoms with Crippen LogP contribution in [0.5, 0.6) is 5.75 Å². The number of benzene rings is 1. The van der Waals surface area contributed by atoms with E-state index in [2.05, 4.69) is 0 Å². The highest BCUT2D eigenvalue weighted by Crippen LogP contribution is 2.24. The van der Waals surface area contributed by atoms with Gasteiger partial charge in [-0.25, -0.2) is 4.79 Å². The van der Waals surface area contributed by atoms with Crippen molar-refractivity contribution in [1.29, 1.82) is 5.26 Å². The predicted molar refractivity (Wildman–Crippen MR) is 58.4 cm³/mol. The van der Waals surface area contributed by atoms with E-state index in [0.717, 1.165) is 5.56 Å². The quantitative estimate of drug-likeness (QED) is 0.730. The second kappa shape index (κ2) is 5.17. The van der Waals surface area contributed by atoms with Gasteiger partial charge in [0, 0.05) is 0 Å². The topological polar surface area (TPSA) is 59.3 Å². The first-order chi connectivity index (χ1) is 7.63. The van der Waals surface area contributed by atoms with Crippen LogP contribution in [0, 0.1) is 18.3 Å². The van der Waals surface area contributed by atoms with Crippen molar-refractivity contribution in [2.75, 3.05) is 13.7 Å². The Balaban J connectivity index is 3.32. The summed E-state index contributed by atoms with van der Waals surface area (Å²) in [7, 11) is 1.46. The zero-order valence-electron chi connectivity index (χ0n) is 9.53. The van der Waals surface area contributed by atoms with Crippen LogP contribution in [0.25, 0.3) is 0 Å². The molecular formula is C12H13NO3. The number of nitriles is 1. The summed E-state index contributed by atoms with van der Waals surface area (Å²) in [5.74, 6) is -0.105. The molecule has 0 aliphatic rings. The smallest absolute Gasteiger partial charge is 0.339 e. The third-order valence-electron chi connectivity index (χ3n) is 2.07. The Morgan fingerprint density at radius 2 is 2.19 bits per heavy atom. The third kappa shape index (κ3) is 2.31. The zero-order chi connectivity index (χ0) is 12.1. The first-order valence-corrected chi connectivity index (χ1v) is 4.89. The number of esters is 1. The van der Waals surface area contributed by atoms with Gasteiger partial charge in [0.1, 0.15) is 17.4 Å². The minimum Gasteiger partial charge on any atom is -0.495 e. The molecule has 0 fully saturated rings. The molecule has 0 spiro atoms. The molecule has 16 heavy (non-hydrogen) atoms. The summed E-state index contributed by atoms with van der Waals surface area (Å²) in [6, 6.07) is 5.29. The maximum Gasteiger partial charge on any atom is 0.339 e. The third-order valence-corrected chi connectivity index (χ3v) is 2.07. The molecule has 0 aliphatic carbocycles. The number of ether oxygens (including phenoxy) is 2. The molecule has 1 aromatic rings. The number of rotatable bonds is 3. The van der Waals surface area contributed by atoms with Gasteiger partial charge in [-0.2, -0.15) is 5.26 Å². The second-order valence-corrected chi connectivity index (χ2v) is 3.22. The highest BCUT2D eigenvalue weighted by atomic mass is 16.5. The standard InChI is InChI=1S/C12H13NO3/c1-4-16-12(14)9-5-8(2)6-11(15-3)10(9)7-13/h5-6H,4H2,1-3H3. The van der Waals surface area contributed by atoms with Crippen LogP contribution in [0.2, 0.25) is 0 Å². The van der Waals surface area contributed by atoms with Crippen LogP contribution in [0.15, 0.2) is 12.1 Å². The van der Waals surface area contributed by atoms with Crippen molar-refractivity contribution in [3.05, 3.63) is 28.8 Å². The summed E-state index contributed by atoms with van der Waals surface area (Å²) in [5.41, 5.74) is 1.31. The molecule has 0 saturated heterocycles. The number of hydrogen-bond acceptors (Lipinski definition) is 4. The Bertz CT molecular complexity index is 446. The largest absolute Gasteiger partial charge is 0.495 e. The summed E-state index contributed by atoms with van der Waals surface area (Å²) < 4.78 is 9.94. The van der Waals surface area contributed by atoms with E-state index < -0.39 is 5.97 Å². The van der Waals surface area contributed by atoms with Crippen molar-refractivity contribution >= 4 is 5.97 Å². The zero-order valence-corrected chi connectivity index (χ0v) is 9.53. The number of aryl methyl sites for hydroxylation is 1. The Morgan fingerprint density at radius 3 is 2.69 bits per heavy atom. The van der Waals surface area contributed by atoms with Gasteiger partial charge in [-0.3, -0.25) is 0 Å². The summed E-state index contributed by atoms with van der Waals surface area (Å²) in [4.78, 5) is 11.6. The highest BCUT2D eigenvalue weighted by molar-refractivity contribution is 5.93. The number of nitrogens with zero attached hydrogens (tertiary/aromatic N) is 1. The van der Waals surface area contributed by atoms with Crippen LogP contribution >= 0.6 is 0 Å². The van der Waals surface area contributed by atoms with Crippen molar-refractivity contribution < 1.29 is 14.3 Å². The van der Waals surface area contributed by atoms with Crippen molar-refractivity contribution in [1.82, 2.24) is 0 Å². The van der Waals surface area contributed by atoms with Crippen LogP contribution in [-0.2, 0) is 4.74 Å². The molecule has 0 aliphatic heterocycles. The van der Waals surface area contributed by atoms with Crippen molar-refractivity contribution in [3.63, 3.8) is 0 Å². The molecule has 0 atom stereocenters. The van der Waals surface area contributed by atoms with E-state index in [0.29, 0.717) is 5.75 Å². The SMILES string of the molecule is CCOC(=O)c1cc(C)cc(OC)c1C#N. The number of carbonyl (C=O) groups is 1. The van der Waals surface area contributed by atoms with Crippen LogP contribution < -0.4 is 4.74 Å².